The van der Waals surface area contributed by atoms with E-state index < -0.39 is 0 Å². The summed E-state index contributed by atoms with van der Waals surface area (Å²) in [6.45, 7) is 2.02. The second-order valence-electron chi connectivity index (χ2n) is 4.38. The van der Waals surface area contributed by atoms with Gasteiger partial charge in [-0.3, -0.25) is 10.1 Å². The highest BCUT2D eigenvalue weighted by atomic mass is 32.2. The van der Waals surface area contributed by atoms with Crippen LogP contribution in [0.25, 0.3) is 10.8 Å². The molecule has 1 aromatic heterocycles. The van der Waals surface area contributed by atoms with Crippen LogP contribution >= 0.6 is 11.8 Å². The van der Waals surface area contributed by atoms with E-state index in [0.717, 1.165) is 16.5 Å². The quantitative estimate of drug-likeness (QED) is 0.725. The van der Waals surface area contributed by atoms with E-state index >= 15 is 0 Å². The van der Waals surface area contributed by atoms with Crippen molar-refractivity contribution in [3.8, 4) is 0 Å². The molecule has 0 saturated heterocycles. The molecule has 106 valence electrons. The number of carbonyl (C=O) groups is 1. The molecular formula is C15H14N4OS. The predicted molar refractivity (Wildman–Crippen MR) is 84.7 cm³/mol. The van der Waals surface area contributed by atoms with Crippen molar-refractivity contribution >= 4 is 34.4 Å². The molecule has 0 aliphatic carbocycles. The number of aromatic amines is 1. The number of aromatic nitrogens is 3. The SMILES string of the molecule is CCSc1n[nH]c(NC(=O)c2cccc3ccccc23)n1. The molecule has 3 aromatic rings. The Morgan fingerprint density at radius 3 is 2.90 bits per heavy atom. The molecule has 5 nitrogen and oxygen atoms in total. The zero-order chi connectivity index (χ0) is 14.7. The maximum Gasteiger partial charge on any atom is 0.258 e. The Labute approximate surface area is 126 Å². The zero-order valence-corrected chi connectivity index (χ0v) is 12.3. The lowest BCUT2D eigenvalue weighted by atomic mass is 10.0. The molecule has 0 unspecified atom stereocenters. The Bertz CT molecular complexity index is 779. The summed E-state index contributed by atoms with van der Waals surface area (Å²) in [6, 6.07) is 13.4. The second-order valence-corrected chi connectivity index (χ2v) is 5.61. The van der Waals surface area contributed by atoms with Gasteiger partial charge in [0, 0.05) is 5.56 Å². The minimum Gasteiger partial charge on any atom is -0.291 e. The first kappa shape index (κ1) is 13.6. The molecule has 0 radical (unpaired) electrons. The van der Waals surface area contributed by atoms with Crippen molar-refractivity contribution in [3.63, 3.8) is 0 Å². The number of H-pyrrole nitrogens is 1. The molecule has 0 fully saturated rings. The largest absolute Gasteiger partial charge is 0.291 e. The number of thioether (sulfide) groups is 1. The molecule has 0 bridgehead atoms. The number of fused-ring (bicyclic) bond motifs is 1. The van der Waals surface area contributed by atoms with Crippen LogP contribution in [0.1, 0.15) is 17.3 Å². The smallest absolute Gasteiger partial charge is 0.258 e. The molecule has 21 heavy (non-hydrogen) atoms. The van der Waals surface area contributed by atoms with E-state index in [0.29, 0.717) is 16.7 Å². The number of hydrogen-bond donors (Lipinski definition) is 2. The van der Waals surface area contributed by atoms with Crippen LogP contribution in [-0.4, -0.2) is 26.8 Å². The monoisotopic (exact) mass is 298 g/mol. The van der Waals surface area contributed by atoms with Crippen molar-refractivity contribution in [1.29, 1.82) is 0 Å². The van der Waals surface area contributed by atoms with E-state index in [1.807, 2.05) is 43.3 Å². The van der Waals surface area contributed by atoms with E-state index in [9.17, 15) is 4.79 Å². The van der Waals surface area contributed by atoms with Gasteiger partial charge in [-0.1, -0.05) is 55.1 Å². The molecule has 2 aromatic carbocycles. The van der Waals surface area contributed by atoms with Gasteiger partial charge in [-0.15, -0.1) is 5.10 Å². The van der Waals surface area contributed by atoms with Crippen LogP contribution in [0.3, 0.4) is 0 Å². The number of rotatable bonds is 4. The van der Waals surface area contributed by atoms with Crippen LogP contribution in [0.5, 0.6) is 0 Å². The molecule has 2 N–H and O–H groups in total. The lowest BCUT2D eigenvalue weighted by Crippen LogP contribution is -2.13. The van der Waals surface area contributed by atoms with Crippen LogP contribution in [-0.2, 0) is 0 Å². The van der Waals surface area contributed by atoms with Gasteiger partial charge in [-0.25, -0.2) is 5.10 Å². The van der Waals surface area contributed by atoms with Gasteiger partial charge in [0.1, 0.15) is 0 Å². The van der Waals surface area contributed by atoms with Crippen LogP contribution in [0.4, 0.5) is 5.95 Å². The lowest BCUT2D eigenvalue weighted by Gasteiger charge is -2.05. The predicted octanol–water partition coefficient (Wildman–Crippen LogP) is 3.32. The summed E-state index contributed by atoms with van der Waals surface area (Å²) in [5.74, 6) is 1.05. The van der Waals surface area contributed by atoms with Crippen LogP contribution < -0.4 is 5.32 Å². The average Bonchev–Trinajstić information content (AvgIpc) is 2.94. The highest BCUT2D eigenvalue weighted by Crippen LogP contribution is 2.19. The first-order valence-electron chi connectivity index (χ1n) is 6.62. The fourth-order valence-corrected chi connectivity index (χ4v) is 2.62. The number of benzene rings is 2. The highest BCUT2D eigenvalue weighted by Gasteiger charge is 2.12. The third-order valence-electron chi connectivity index (χ3n) is 3.00. The van der Waals surface area contributed by atoms with Crippen molar-refractivity contribution in [2.24, 2.45) is 0 Å². The highest BCUT2D eigenvalue weighted by molar-refractivity contribution is 7.99. The van der Waals surface area contributed by atoms with Gasteiger partial charge in [0.25, 0.3) is 5.91 Å². The zero-order valence-electron chi connectivity index (χ0n) is 11.5. The average molecular weight is 298 g/mol. The molecule has 1 amide bonds. The first-order valence-corrected chi connectivity index (χ1v) is 7.61. The van der Waals surface area contributed by atoms with Crippen molar-refractivity contribution in [2.75, 3.05) is 11.1 Å². The molecule has 0 saturated carbocycles. The van der Waals surface area contributed by atoms with E-state index in [2.05, 4.69) is 20.5 Å². The Hall–Kier alpha value is -2.34. The molecule has 3 rings (SSSR count). The topological polar surface area (TPSA) is 70.7 Å². The maximum atomic E-state index is 12.4. The van der Waals surface area contributed by atoms with Crippen LogP contribution in [0.2, 0.25) is 0 Å². The van der Waals surface area contributed by atoms with Crippen molar-refractivity contribution in [2.45, 2.75) is 12.1 Å². The van der Waals surface area contributed by atoms with Crippen molar-refractivity contribution in [3.05, 3.63) is 48.0 Å². The second kappa shape index (κ2) is 5.97. The van der Waals surface area contributed by atoms with Crippen LogP contribution in [0, 0.1) is 0 Å². The Balaban J connectivity index is 1.86. The molecule has 0 atom stereocenters. The summed E-state index contributed by atoms with van der Waals surface area (Å²) in [5.41, 5.74) is 0.620. The minimum atomic E-state index is -0.198. The normalized spacial score (nSPS) is 10.7. The number of hydrogen-bond acceptors (Lipinski definition) is 4. The number of anilines is 1. The van der Waals surface area contributed by atoms with Crippen molar-refractivity contribution in [1.82, 2.24) is 15.2 Å². The summed E-state index contributed by atoms with van der Waals surface area (Å²) >= 11 is 1.52. The van der Waals surface area contributed by atoms with Gasteiger partial charge in [0.05, 0.1) is 0 Å². The van der Waals surface area contributed by atoms with Gasteiger partial charge >= 0.3 is 0 Å². The number of nitrogens with zero attached hydrogens (tertiary/aromatic N) is 2. The summed E-state index contributed by atoms with van der Waals surface area (Å²) in [7, 11) is 0. The molecule has 1 heterocycles. The van der Waals surface area contributed by atoms with Gasteiger partial charge < -0.3 is 0 Å². The van der Waals surface area contributed by atoms with Crippen LogP contribution in [0.15, 0.2) is 47.6 Å². The molecule has 6 heteroatoms. The molecule has 0 aliphatic rings. The summed E-state index contributed by atoms with van der Waals surface area (Å²) in [6.07, 6.45) is 0. The van der Waals surface area contributed by atoms with E-state index in [1.54, 1.807) is 6.07 Å². The van der Waals surface area contributed by atoms with Crippen molar-refractivity contribution < 1.29 is 4.79 Å². The number of amides is 1. The van der Waals surface area contributed by atoms with Gasteiger partial charge in [-0.2, -0.15) is 4.98 Å². The standard InChI is InChI=1S/C15H14N4OS/c1-2-21-15-17-14(18-19-15)16-13(20)12-9-5-7-10-6-3-4-8-11(10)12/h3-9H,2H2,1H3,(H2,16,17,18,19,20). The van der Waals surface area contributed by atoms with E-state index in [4.69, 9.17) is 0 Å². The Morgan fingerprint density at radius 2 is 2.05 bits per heavy atom. The number of carbonyl (C=O) groups excluding carboxylic acids is 1. The summed E-state index contributed by atoms with van der Waals surface area (Å²) in [4.78, 5) is 16.6. The van der Waals surface area contributed by atoms with Gasteiger partial charge in [-0.05, 0) is 22.6 Å². The third kappa shape index (κ3) is 2.90. The Kier molecular flexibility index (Phi) is 3.87. The fraction of sp³-hybridized carbons (Fsp3) is 0.133. The fourth-order valence-electron chi connectivity index (χ4n) is 2.09. The molecule has 0 spiro atoms. The summed E-state index contributed by atoms with van der Waals surface area (Å²) in [5, 5.41) is 12.1. The van der Waals surface area contributed by atoms with Gasteiger partial charge in [0.15, 0.2) is 0 Å². The lowest BCUT2D eigenvalue weighted by molar-refractivity contribution is 0.102. The first-order chi connectivity index (χ1) is 10.3. The third-order valence-corrected chi connectivity index (χ3v) is 3.73. The number of nitrogens with one attached hydrogen (secondary N) is 2. The Morgan fingerprint density at radius 1 is 1.24 bits per heavy atom. The van der Waals surface area contributed by atoms with E-state index in [-0.39, 0.29) is 5.91 Å². The summed E-state index contributed by atoms with van der Waals surface area (Å²) < 4.78 is 0. The van der Waals surface area contributed by atoms with E-state index in [1.165, 1.54) is 11.8 Å². The minimum absolute atomic E-state index is 0.198. The maximum absolute atomic E-state index is 12.4. The molecular weight excluding hydrogens is 284 g/mol. The molecule has 0 aliphatic heterocycles. The van der Waals surface area contributed by atoms with Gasteiger partial charge in [0.2, 0.25) is 11.1 Å².